The highest BCUT2D eigenvalue weighted by atomic mass is 35.5. The van der Waals surface area contributed by atoms with E-state index in [1.165, 1.54) is 15.3 Å². The molecule has 2 aromatic rings. The Balaban J connectivity index is 1.93. The summed E-state index contributed by atoms with van der Waals surface area (Å²) in [5.41, 5.74) is 1.24. The molecule has 2 unspecified atom stereocenters. The first kappa shape index (κ1) is 14.6. The molecule has 0 aliphatic heterocycles. The van der Waals surface area contributed by atoms with Gasteiger partial charge in [0.2, 0.25) is 0 Å². The molecule has 0 spiro atoms. The summed E-state index contributed by atoms with van der Waals surface area (Å²) in [7, 11) is 0. The summed E-state index contributed by atoms with van der Waals surface area (Å²) in [5.74, 6) is 0. The Morgan fingerprint density at radius 3 is 2.63 bits per heavy atom. The molecule has 1 heterocycles. The average molecular weight is 294 g/mol. The second kappa shape index (κ2) is 6.56. The van der Waals surface area contributed by atoms with E-state index in [1.54, 1.807) is 0 Å². The fraction of sp³-hybridized carbons (Fsp3) is 0.375. The summed E-state index contributed by atoms with van der Waals surface area (Å²) in [6.45, 7) is 6.57. The Kier molecular flexibility index (Phi) is 5.03. The molecular weight excluding hydrogens is 274 g/mol. The van der Waals surface area contributed by atoms with Gasteiger partial charge in [-0.3, -0.25) is 0 Å². The van der Waals surface area contributed by atoms with Gasteiger partial charge in [-0.2, -0.15) is 0 Å². The van der Waals surface area contributed by atoms with Crippen LogP contribution in [0.15, 0.2) is 36.4 Å². The van der Waals surface area contributed by atoms with Crippen LogP contribution in [0.5, 0.6) is 0 Å². The molecule has 1 aromatic heterocycles. The number of hydrogen-bond acceptors (Lipinski definition) is 2. The van der Waals surface area contributed by atoms with Crippen molar-refractivity contribution in [3.8, 4) is 0 Å². The molecule has 102 valence electrons. The van der Waals surface area contributed by atoms with Crippen molar-refractivity contribution in [2.45, 2.75) is 39.3 Å². The Morgan fingerprint density at radius 1 is 1.21 bits per heavy atom. The highest BCUT2D eigenvalue weighted by molar-refractivity contribution is 7.11. The van der Waals surface area contributed by atoms with Gasteiger partial charge in [0.1, 0.15) is 0 Å². The Morgan fingerprint density at radius 2 is 2.00 bits per heavy atom. The lowest BCUT2D eigenvalue weighted by atomic mass is 10.1. The van der Waals surface area contributed by atoms with E-state index >= 15 is 0 Å². The molecule has 0 aliphatic rings. The minimum Gasteiger partial charge on any atom is -0.307 e. The summed E-state index contributed by atoms with van der Waals surface area (Å²) in [6, 6.07) is 13.2. The quantitative estimate of drug-likeness (QED) is 0.819. The zero-order chi connectivity index (χ0) is 13.8. The molecule has 2 rings (SSSR count). The molecule has 2 atom stereocenters. The maximum atomic E-state index is 6.03. The van der Waals surface area contributed by atoms with Crippen LogP contribution in [0.3, 0.4) is 0 Å². The van der Waals surface area contributed by atoms with Crippen molar-refractivity contribution in [1.82, 2.24) is 5.32 Å². The summed E-state index contributed by atoms with van der Waals surface area (Å²) in [5, 5.41) is 4.43. The minimum absolute atomic E-state index is 0.315. The molecule has 1 aromatic carbocycles. The van der Waals surface area contributed by atoms with Crippen molar-refractivity contribution >= 4 is 22.9 Å². The third-order valence-corrected chi connectivity index (χ3v) is 4.44. The Hall–Kier alpha value is -0.830. The molecule has 0 radical (unpaired) electrons. The van der Waals surface area contributed by atoms with Crippen molar-refractivity contribution in [1.29, 1.82) is 0 Å². The molecule has 19 heavy (non-hydrogen) atoms. The second-order valence-corrected chi connectivity index (χ2v) is 6.87. The number of benzene rings is 1. The van der Waals surface area contributed by atoms with Gasteiger partial charge in [-0.15, -0.1) is 11.3 Å². The SMILES string of the molecule is Cc1ccc(CC(C)NC(C)c2cccc(Cl)c2)s1. The molecule has 0 fully saturated rings. The van der Waals surface area contributed by atoms with E-state index in [4.69, 9.17) is 11.6 Å². The van der Waals surface area contributed by atoms with Gasteiger partial charge in [0.15, 0.2) is 0 Å². The third-order valence-electron chi connectivity index (χ3n) is 3.19. The lowest BCUT2D eigenvalue weighted by molar-refractivity contribution is 0.479. The number of nitrogens with one attached hydrogen (secondary N) is 1. The van der Waals surface area contributed by atoms with E-state index in [2.05, 4.69) is 44.3 Å². The standard InChI is InChI=1S/C16H20ClNS/c1-11(9-16-8-7-12(2)19-16)18-13(3)14-5-4-6-15(17)10-14/h4-8,10-11,13,18H,9H2,1-3H3. The molecule has 0 amide bonds. The van der Waals surface area contributed by atoms with E-state index in [0.717, 1.165) is 11.4 Å². The maximum absolute atomic E-state index is 6.03. The summed E-state index contributed by atoms with van der Waals surface area (Å²) in [6.07, 6.45) is 1.07. The fourth-order valence-electron chi connectivity index (χ4n) is 2.25. The van der Waals surface area contributed by atoms with Gasteiger partial charge in [0.05, 0.1) is 0 Å². The van der Waals surface area contributed by atoms with E-state index in [0.29, 0.717) is 12.1 Å². The van der Waals surface area contributed by atoms with Crippen LogP contribution in [0.25, 0.3) is 0 Å². The van der Waals surface area contributed by atoms with E-state index < -0.39 is 0 Å². The average Bonchev–Trinajstić information content (AvgIpc) is 2.74. The van der Waals surface area contributed by atoms with Crippen molar-refractivity contribution in [3.05, 3.63) is 56.7 Å². The Labute approximate surface area is 124 Å². The van der Waals surface area contributed by atoms with Crippen molar-refractivity contribution < 1.29 is 0 Å². The van der Waals surface area contributed by atoms with E-state index in [9.17, 15) is 0 Å². The van der Waals surface area contributed by atoms with Crippen LogP contribution in [0, 0.1) is 6.92 Å². The predicted octanol–water partition coefficient (Wildman–Crippen LogP) is 4.99. The van der Waals surface area contributed by atoms with Crippen molar-refractivity contribution in [3.63, 3.8) is 0 Å². The molecule has 0 aliphatic carbocycles. The lowest BCUT2D eigenvalue weighted by Crippen LogP contribution is -2.30. The van der Waals surface area contributed by atoms with Gasteiger partial charge in [-0.05, 0) is 57.0 Å². The van der Waals surface area contributed by atoms with Crippen molar-refractivity contribution in [2.24, 2.45) is 0 Å². The first-order valence-corrected chi connectivity index (χ1v) is 7.81. The topological polar surface area (TPSA) is 12.0 Å². The number of hydrogen-bond donors (Lipinski definition) is 1. The zero-order valence-electron chi connectivity index (χ0n) is 11.6. The van der Waals surface area contributed by atoms with Gasteiger partial charge in [0.25, 0.3) is 0 Å². The van der Waals surface area contributed by atoms with Gasteiger partial charge >= 0.3 is 0 Å². The Bertz CT molecular complexity index is 535. The molecule has 0 saturated carbocycles. The molecule has 0 bridgehead atoms. The first-order valence-electron chi connectivity index (χ1n) is 6.61. The van der Waals surface area contributed by atoms with Crippen LogP contribution >= 0.6 is 22.9 Å². The minimum atomic E-state index is 0.315. The highest BCUT2D eigenvalue weighted by Gasteiger charge is 2.11. The highest BCUT2D eigenvalue weighted by Crippen LogP contribution is 2.20. The molecular formula is C16H20ClNS. The largest absolute Gasteiger partial charge is 0.307 e. The smallest absolute Gasteiger partial charge is 0.0409 e. The van der Waals surface area contributed by atoms with Crippen LogP contribution in [0.4, 0.5) is 0 Å². The number of rotatable bonds is 5. The predicted molar refractivity (Wildman–Crippen MR) is 85.2 cm³/mol. The van der Waals surface area contributed by atoms with Gasteiger partial charge in [-0.1, -0.05) is 23.7 Å². The van der Waals surface area contributed by atoms with Crippen LogP contribution in [0.1, 0.15) is 35.2 Å². The molecule has 3 heteroatoms. The van der Waals surface area contributed by atoms with Gasteiger partial charge in [-0.25, -0.2) is 0 Å². The van der Waals surface area contributed by atoms with Crippen LogP contribution in [0.2, 0.25) is 5.02 Å². The third kappa shape index (κ3) is 4.34. The van der Waals surface area contributed by atoms with Crippen molar-refractivity contribution in [2.75, 3.05) is 0 Å². The number of thiophene rings is 1. The molecule has 1 nitrogen and oxygen atoms in total. The molecule has 1 N–H and O–H groups in total. The zero-order valence-corrected chi connectivity index (χ0v) is 13.2. The van der Waals surface area contributed by atoms with Crippen LogP contribution in [-0.4, -0.2) is 6.04 Å². The maximum Gasteiger partial charge on any atom is 0.0409 e. The monoisotopic (exact) mass is 293 g/mol. The first-order chi connectivity index (χ1) is 9.04. The van der Waals surface area contributed by atoms with Gasteiger partial charge < -0.3 is 5.32 Å². The normalized spacial score (nSPS) is 14.3. The van der Waals surface area contributed by atoms with Gasteiger partial charge in [0, 0.05) is 26.9 Å². The fourth-order valence-corrected chi connectivity index (χ4v) is 3.47. The van der Waals surface area contributed by atoms with Crippen LogP contribution < -0.4 is 5.32 Å². The van der Waals surface area contributed by atoms with E-state index in [1.807, 2.05) is 29.5 Å². The van der Waals surface area contributed by atoms with Crippen LogP contribution in [-0.2, 0) is 6.42 Å². The summed E-state index contributed by atoms with van der Waals surface area (Å²) in [4.78, 5) is 2.82. The number of aryl methyl sites for hydroxylation is 1. The van der Waals surface area contributed by atoms with E-state index in [-0.39, 0.29) is 0 Å². The lowest BCUT2D eigenvalue weighted by Gasteiger charge is -2.20. The molecule has 0 saturated heterocycles. The summed E-state index contributed by atoms with van der Waals surface area (Å²) < 4.78 is 0. The number of halogens is 1. The summed E-state index contributed by atoms with van der Waals surface area (Å²) >= 11 is 7.91. The second-order valence-electron chi connectivity index (χ2n) is 5.06.